The molecule has 2 heterocycles. The Labute approximate surface area is 143 Å². The minimum absolute atomic E-state index is 0.0345. The number of anilines is 2. The summed E-state index contributed by atoms with van der Waals surface area (Å²) >= 11 is 2.58. The monoisotopic (exact) mass is 380 g/mol. The Morgan fingerprint density at radius 3 is 2.54 bits per heavy atom. The largest absolute Gasteiger partial charge is 0.307 e. The van der Waals surface area contributed by atoms with Gasteiger partial charge in [-0.2, -0.15) is 0 Å². The van der Waals surface area contributed by atoms with E-state index in [9.17, 15) is 12.8 Å². The number of benzene rings is 2. The molecule has 0 fully saturated rings. The summed E-state index contributed by atoms with van der Waals surface area (Å²) in [6, 6.07) is 9.26. The van der Waals surface area contributed by atoms with E-state index in [1.807, 2.05) is 0 Å². The van der Waals surface area contributed by atoms with Crippen LogP contribution in [-0.2, 0) is 10.0 Å². The lowest BCUT2D eigenvalue weighted by atomic mass is 10.3. The first-order chi connectivity index (χ1) is 11.4. The summed E-state index contributed by atoms with van der Waals surface area (Å²) in [7, 11) is -3.76. The number of fused-ring (bicyclic) bond motifs is 2. The normalized spacial score (nSPS) is 12.1. The zero-order chi connectivity index (χ0) is 16.9. The number of aromatic nitrogens is 2. The Morgan fingerprint density at radius 2 is 1.79 bits per heavy atom. The van der Waals surface area contributed by atoms with Crippen LogP contribution >= 0.6 is 22.7 Å². The molecule has 0 amide bonds. The van der Waals surface area contributed by atoms with E-state index in [0.29, 0.717) is 26.0 Å². The van der Waals surface area contributed by atoms with Gasteiger partial charge >= 0.3 is 0 Å². The quantitative estimate of drug-likeness (QED) is 0.567. The summed E-state index contributed by atoms with van der Waals surface area (Å²) in [5, 5.41) is 9.22. The fraction of sp³-hybridized carbons (Fsp3) is 0. The second kappa shape index (κ2) is 5.45. The smallest absolute Gasteiger partial charge is 0.238 e. The molecule has 4 aromatic rings. The molecule has 0 aliphatic heterocycles. The number of hydrogen-bond donors (Lipinski definition) is 2. The second-order valence-electron chi connectivity index (χ2n) is 4.92. The molecule has 0 unspecified atom stereocenters. The van der Waals surface area contributed by atoms with Gasteiger partial charge in [-0.1, -0.05) is 28.7 Å². The fourth-order valence-corrected chi connectivity index (χ4v) is 4.66. The molecule has 24 heavy (non-hydrogen) atoms. The number of thiazole rings is 2. The van der Waals surface area contributed by atoms with E-state index in [1.54, 1.807) is 18.2 Å². The van der Waals surface area contributed by atoms with Gasteiger partial charge in [0.1, 0.15) is 11.3 Å². The van der Waals surface area contributed by atoms with Crippen LogP contribution in [0.3, 0.4) is 0 Å². The molecule has 0 radical (unpaired) electrons. The summed E-state index contributed by atoms with van der Waals surface area (Å²) in [6.45, 7) is 0. The molecule has 122 valence electrons. The molecular formula is C14H9FN4O2S3. The third kappa shape index (κ3) is 2.73. The zero-order valence-electron chi connectivity index (χ0n) is 11.9. The van der Waals surface area contributed by atoms with Crippen molar-refractivity contribution in [3.8, 4) is 0 Å². The van der Waals surface area contributed by atoms with Gasteiger partial charge in [0.2, 0.25) is 10.0 Å². The number of para-hydroxylation sites is 1. The summed E-state index contributed by atoms with van der Waals surface area (Å²) in [6.07, 6.45) is 0. The summed E-state index contributed by atoms with van der Waals surface area (Å²) < 4.78 is 37.9. The van der Waals surface area contributed by atoms with Crippen LogP contribution in [0.4, 0.5) is 14.7 Å². The molecule has 0 spiro atoms. The van der Waals surface area contributed by atoms with E-state index in [4.69, 9.17) is 5.14 Å². The molecule has 0 atom stereocenters. The Balaban J connectivity index is 1.72. The Hall–Kier alpha value is -2.14. The number of nitrogens with two attached hydrogens (primary N) is 1. The van der Waals surface area contributed by atoms with E-state index < -0.39 is 10.0 Å². The molecule has 0 saturated heterocycles. The number of nitrogens with one attached hydrogen (secondary N) is 1. The standard InChI is InChI=1S/C14H9FN4O2S3/c15-8-2-1-3-10-12(8)18-14(22-10)19-13-17-9-5-4-7(24(16,20)21)6-11(9)23-13/h1-6H,(H2,16,20,21)(H,17,18,19). The van der Waals surface area contributed by atoms with Crippen molar-refractivity contribution >= 4 is 63.4 Å². The lowest BCUT2D eigenvalue weighted by molar-refractivity contribution is 0.598. The highest BCUT2D eigenvalue weighted by atomic mass is 32.2. The highest BCUT2D eigenvalue weighted by Crippen LogP contribution is 2.33. The van der Waals surface area contributed by atoms with Crippen LogP contribution in [0.5, 0.6) is 0 Å². The zero-order valence-corrected chi connectivity index (χ0v) is 14.3. The number of sulfonamides is 1. The van der Waals surface area contributed by atoms with E-state index in [-0.39, 0.29) is 10.7 Å². The molecule has 3 N–H and O–H groups in total. The van der Waals surface area contributed by atoms with Gasteiger partial charge < -0.3 is 5.32 Å². The van der Waals surface area contributed by atoms with Crippen molar-refractivity contribution in [2.75, 3.05) is 5.32 Å². The van der Waals surface area contributed by atoms with Crippen molar-refractivity contribution in [2.24, 2.45) is 5.14 Å². The number of nitrogens with zero attached hydrogens (tertiary/aromatic N) is 2. The minimum Gasteiger partial charge on any atom is -0.307 e. The minimum atomic E-state index is -3.76. The molecule has 10 heteroatoms. The molecular weight excluding hydrogens is 371 g/mol. The van der Waals surface area contributed by atoms with Gasteiger partial charge in [0.15, 0.2) is 10.3 Å². The van der Waals surface area contributed by atoms with E-state index in [2.05, 4.69) is 15.3 Å². The molecule has 4 rings (SSSR count). The van der Waals surface area contributed by atoms with Crippen molar-refractivity contribution in [1.82, 2.24) is 9.97 Å². The van der Waals surface area contributed by atoms with Crippen molar-refractivity contribution < 1.29 is 12.8 Å². The van der Waals surface area contributed by atoms with Crippen LogP contribution in [0, 0.1) is 5.82 Å². The van der Waals surface area contributed by atoms with Gasteiger partial charge in [0.25, 0.3) is 0 Å². The molecule has 0 aliphatic rings. The van der Waals surface area contributed by atoms with Crippen molar-refractivity contribution in [3.63, 3.8) is 0 Å². The third-order valence-corrected chi connectivity index (χ3v) is 6.05. The average molecular weight is 380 g/mol. The van der Waals surface area contributed by atoms with Crippen LogP contribution < -0.4 is 10.5 Å². The van der Waals surface area contributed by atoms with E-state index in [1.165, 1.54) is 40.9 Å². The lowest BCUT2D eigenvalue weighted by Gasteiger charge is -1.95. The maximum absolute atomic E-state index is 13.7. The maximum atomic E-state index is 13.7. The molecule has 0 aliphatic carbocycles. The van der Waals surface area contributed by atoms with Crippen molar-refractivity contribution in [3.05, 3.63) is 42.2 Å². The van der Waals surface area contributed by atoms with Gasteiger partial charge in [-0.05, 0) is 30.3 Å². The Morgan fingerprint density at radius 1 is 1.04 bits per heavy atom. The fourth-order valence-electron chi connectivity index (χ4n) is 2.20. The second-order valence-corrected chi connectivity index (χ2v) is 8.55. The van der Waals surface area contributed by atoms with E-state index in [0.717, 1.165) is 4.70 Å². The van der Waals surface area contributed by atoms with Crippen molar-refractivity contribution in [1.29, 1.82) is 0 Å². The third-order valence-electron chi connectivity index (χ3n) is 3.27. The predicted molar refractivity (Wildman–Crippen MR) is 93.9 cm³/mol. The van der Waals surface area contributed by atoms with Gasteiger partial charge in [-0.25, -0.2) is 27.9 Å². The van der Waals surface area contributed by atoms with Crippen LogP contribution in [0.1, 0.15) is 0 Å². The van der Waals surface area contributed by atoms with Crippen LogP contribution in [-0.4, -0.2) is 18.4 Å². The molecule has 6 nitrogen and oxygen atoms in total. The van der Waals surface area contributed by atoms with Gasteiger partial charge in [0, 0.05) is 0 Å². The molecule has 2 aromatic heterocycles. The number of rotatable bonds is 3. The van der Waals surface area contributed by atoms with Crippen LogP contribution in [0.25, 0.3) is 20.4 Å². The first kappa shape index (κ1) is 15.4. The summed E-state index contributed by atoms with van der Waals surface area (Å²) in [5.41, 5.74) is 0.949. The highest BCUT2D eigenvalue weighted by molar-refractivity contribution is 7.89. The molecule has 0 saturated carbocycles. The van der Waals surface area contributed by atoms with Gasteiger partial charge in [0.05, 0.1) is 19.8 Å². The SMILES string of the molecule is NS(=O)(=O)c1ccc2nc(Nc3nc4c(F)cccc4s3)sc2c1. The predicted octanol–water partition coefficient (Wildman–Crippen LogP) is 3.44. The van der Waals surface area contributed by atoms with Crippen LogP contribution in [0.15, 0.2) is 41.3 Å². The molecule has 2 aromatic carbocycles. The summed E-state index contributed by atoms with van der Waals surface area (Å²) in [5.74, 6) is -0.376. The van der Waals surface area contributed by atoms with Gasteiger partial charge in [-0.15, -0.1) is 0 Å². The Kier molecular flexibility index (Phi) is 3.49. The number of primary sulfonamides is 1. The maximum Gasteiger partial charge on any atom is 0.238 e. The van der Waals surface area contributed by atoms with E-state index >= 15 is 0 Å². The molecule has 0 bridgehead atoms. The number of halogens is 1. The summed E-state index contributed by atoms with van der Waals surface area (Å²) in [4.78, 5) is 8.62. The topological polar surface area (TPSA) is 98.0 Å². The van der Waals surface area contributed by atoms with Gasteiger partial charge in [-0.3, -0.25) is 0 Å². The first-order valence-electron chi connectivity index (χ1n) is 6.66. The van der Waals surface area contributed by atoms with Crippen molar-refractivity contribution in [2.45, 2.75) is 4.90 Å². The first-order valence-corrected chi connectivity index (χ1v) is 9.83. The highest BCUT2D eigenvalue weighted by Gasteiger charge is 2.13. The average Bonchev–Trinajstić information content (AvgIpc) is 3.09. The van der Waals surface area contributed by atoms with Crippen LogP contribution in [0.2, 0.25) is 0 Å². The Bertz CT molecular complexity index is 1180. The number of hydrogen-bond acceptors (Lipinski definition) is 7. The lowest BCUT2D eigenvalue weighted by Crippen LogP contribution is -2.11.